The Bertz CT molecular complexity index is 361. The molecule has 0 aliphatic heterocycles. The zero-order valence-corrected chi connectivity index (χ0v) is 12.3. The molecule has 0 amide bonds. The van der Waals surface area contributed by atoms with Crippen LogP contribution in [0, 0.1) is 0 Å². The fourth-order valence-electron chi connectivity index (χ4n) is 1.95. The second-order valence-electron chi connectivity index (χ2n) is 4.85. The summed E-state index contributed by atoms with van der Waals surface area (Å²) in [6.45, 7) is 4.67. The molecule has 0 unspecified atom stereocenters. The summed E-state index contributed by atoms with van der Waals surface area (Å²) in [6.07, 6.45) is 5.63. The number of aliphatic hydroxyl groups is 1. The standard InChI is InChI=1S/C16H26O3/c1-4-5-6-7-8-11-19-15-10-9-14(13(2)17)12-16(15)18-3/h9-10,12-13,17H,4-8,11H2,1-3H3/t13-/m0/s1. The monoisotopic (exact) mass is 266 g/mol. The lowest BCUT2D eigenvalue weighted by Gasteiger charge is -2.13. The van der Waals surface area contributed by atoms with Crippen molar-refractivity contribution >= 4 is 0 Å². The van der Waals surface area contributed by atoms with Gasteiger partial charge in [-0.2, -0.15) is 0 Å². The van der Waals surface area contributed by atoms with Gasteiger partial charge in [-0.05, 0) is 31.0 Å². The largest absolute Gasteiger partial charge is 0.493 e. The first-order valence-corrected chi connectivity index (χ1v) is 7.17. The van der Waals surface area contributed by atoms with Crippen molar-refractivity contribution in [1.82, 2.24) is 0 Å². The molecule has 0 aliphatic carbocycles. The van der Waals surface area contributed by atoms with Crippen molar-refractivity contribution in [3.8, 4) is 11.5 Å². The van der Waals surface area contributed by atoms with Gasteiger partial charge in [-0.3, -0.25) is 0 Å². The smallest absolute Gasteiger partial charge is 0.161 e. The molecule has 3 nitrogen and oxygen atoms in total. The second-order valence-corrected chi connectivity index (χ2v) is 4.85. The van der Waals surface area contributed by atoms with Gasteiger partial charge in [0, 0.05) is 0 Å². The molecule has 0 heterocycles. The Morgan fingerprint density at radius 1 is 1.11 bits per heavy atom. The molecule has 0 spiro atoms. The van der Waals surface area contributed by atoms with Crippen LogP contribution >= 0.6 is 0 Å². The molecule has 3 heteroatoms. The molecule has 0 fully saturated rings. The van der Waals surface area contributed by atoms with Crippen molar-refractivity contribution < 1.29 is 14.6 Å². The molecular formula is C16H26O3. The SMILES string of the molecule is CCCCCCCOc1ccc([C@H](C)O)cc1OC. The fourth-order valence-corrected chi connectivity index (χ4v) is 1.95. The van der Waals surface area contributed by atoms with Crippen molar-refractivity contribution in [2.24, 2.45) is 0 Å². The lowest BCUT2D eigenvalue weighted by molar-refractivity contribution is 0.198. The lowest BCUT2D eigenvalue weighted by Crippen LogP contribution is -2.00. The van der Waals surface area contributed by atoms with Crippen LogP contribution < -0.4 is 9.47 Å². The number of aliphatic hydroxyl groups excluding tert-OH is 1. The highest BCUT2D eigenvalue weighted by molar-refractivity contribution is 5.43. The summed E-state index contributed by atoms with van der Waals surface area (Å²) in [5.41, 5.74) is 0.840. The molecule has 1 N–H and O–H groups in total. The molecule has 0 radical (unpaired) electrons. The molecule has 0 aromatic heterocycles. The van der Waals surface area contributed by atoms with E-state index in [2.05, 4.69) is 6.92 Å². The van der Waals surface area contributed by atoms with Gasteiger partial charge in [0.05, 0.1) is 19.8 Å². The van der Waals surface area contributed by atoms with Crippen LogP contribution in [0.3, 0.4) is 0 Å². The molecule has 0 aliphatic rings. The third-order valence-electron chi connectivity index (χ3n) is 3.18. The van der Waals surface area contributed by atoms with E-state index in [4.69, 9.17) is 9.47 Å². The van der Waals surface area contributed by atoms with Crippen molar-refractivity contribution in [2.45, 2.75) is 52.1 Å². The number of rotatable bonds is 9. The Hall–Kier alpha value is -1.22. The number of benzene rings is 1. The molecule has 1 aromatic rings. The van der Waals surface area contributed by atoms with Crippen LogP contribution in [0.5, 0.6) is 11.5 Å². The molecule has 1 rings (SSSR count). The maximum Gasteiger partial charge on any atom is 0.161 e. The minimum absolute atomic E-state index is 0.489. The quantitative estimate of drug-likeness (QED) is 0.684. The number of methoxy groups -OCH3 is 1. The van der Waals surface area contributed by atoms with E-state index in [1.54, 1.807) is 14.0 Å². The molecule has 0 bridgehead atoms. The Balaban J connectivity index is 2.44. The van der Waals surface area contributed by atoms with Gasteiger partial charge >= 0.3 is 0 Å². The van der Waals surface area contributed by atoms with Gasteiger partial charge in [-0.15, -0.1) is 0 Å². The third kappa shape index (κ3) is 5.52. The summed E-state index contributed by atoms with van der Waals surface area (Å²) >= 11 is 0. The predicted octanol–water partition coefficient (Wildman–Crippen LogP) is 4.10. The maximum atomic E-state index is 9.53. The van der Waals surface area contributed by atoms with Gasteiger partial charge < -0.3 is 14.6 Å². The molecule has 108 valence electrons. The average Bonchev–Trinajstić information content (AvgIpc) is 2.42. The van der Waals surface area contributed by atoms with E-state index < -0.39 is 6.10 Å². The summed E-state index contributed by atoms with van der Waals surface area (Å²) in [7, 11) is 1.62. The topological polar surface area (TPSA) is 38.7 Å². The maximum absolute atomic E-state index is 9.53. The van der Waals surface area contributed by atoms with Crippen LogP contribution in [0.15, 0.2) is 18.2 Å². The third-order valence-corrected chi connectivity index (χ3v) is 3.18. The van der Waals surface area contributed by atoms with Gasteiger partial charge in [0.2, 0.25) is 0 Å². The molecule has 1 aromatic carbocycles. The van der Waals surface area contributed by atoms with E-state index in [9.17, 15) is 5.11 Å². The minimum atomic E-state index is -0.489. The summed E-state index contributed by atoms with van der Waals surface area (Å²) < 4.78 is 11.0. The fraction of sp³-hybridized carbons (Fsp3) is 0.625. The van der Waals surface area contributed by atoms with Crippen LogP contribution in [0.1, 0.15) is 57.6 Å². The van der Waals surface area contributed by atoms with Crippen molar-refractivity contribution in [2.75, 3.05) is 13.7 Å². The minimum Gasteiger partial charge on any atom is -0.493 e. The lowest BCUT2D eigenvalue weighted by atomic mass is 10.1. The van der Waals surface area contributed by atoms with E-state index in [1.165, 1.54) is 25.7 Å². The number of hydrogen-bond donors (Lipinski definition) is 1. The van der Waals surface area contributed by atoms with E-state index in [0.29, 0.717) is 12.4 Å². The highest BCUT2D eigenvalue weighted by Gasteiger charge is 2.08. The van der Waals surface area contributed by atoms with Gasteiger partial charge in [0.15, 0.2) is 11.5 Å². The normalized spacial score (nSPS) is 12.2. The summed E-state index contributed by atoms with van der Waals surface area (Å²) in [4.78, 5) is 0. The Labute approximate surface area is 116 Å². The zero-order chi connectivity index (χ0) is 14.1. The van der Waals surface area contributed by atoms with Crippen LogP contribution in [-0.2, 0) is 0 Å². The zero-order valence-electron chi connectivity index (χ0n) is 12.3. The van der Waals surface area contributed by atoms with Gasteiger partial charge in [0.1, 0.15) is 0 Å². The number of ether oxygens (including phenoxy) is 2. The Kier molecular flexibility index (Phi) is 7.34. The highest BCUT2D eigenvalue weighted by atomic mass is 16.5. The number of hydrogen-bond acceptors (Lipinski definition) is 3. The first-order chi connectivity index (χ1) is 9.19. The predicted molar refractivity (Wildman–Crippen MR) is 77.9 cm³/mol. The summed E-state index contributed by atoms with van der Waals surface area (Å²) in [5, 5.41) is 9.53. The molecular weight excluding hydrogens is 240 g/mol. The van der Waals surface area contributed by atoms with Gasteiger partial charge in [0.25, 0.3) is 0 Å². The van der Waals surface area contributed by atoms with E-state index in [1.807, 2.05) is 18.2 Å². The molecule has 19 heavy (non-hydrogen) atoms. The second kappa shape index (κ2) is 8.81. The number of unbranched alkanes of at least 4 members (excludes halogenated alkanes) is 4. The first-order valence-electron chi connectivity index (χ1n) is 7.17. The van der Waals surface area contributed by atoms with Crippen molar-refractivity contribution in [3.05, 3.63) is 23.8 Å². The Morgan fingerprint density at radius 2 is 1.84 bits per heavy atom. The van der Waals surface area contributed by atoms with E-state index >= 15 is 0 Å². The molecule has 0 saturated heterocycles. The van der Waals surface area contributed by atoms with Crippen LogP contribution in [-0.4, -0.2) is 18.8 Å². The van der Waals surface area contributed by atoms with Crippen LogP contribution in [0.2, 0.25) is 0 Å². The van der Waals surface area contributed by atoms with Crippen LogP contribution in [0.4, 0.5) is 0 Å². The van der Waals surface area contributed by atoms with E-state index in [0.717, 1.165) is 17.7 Å². The molecule has 0 saturated carbocycles. The van der Waals surface area contributed by atoms with Crippen molar-refractivity contribution in [3.63, 3.8) is 0 Å². The van der Waals surface area contributed by atoms with Crippen molar-refractivity contribution in [1.29, 1.82) is 0 Å². The van der Waals surface area contributed by atoms with Gasteiger partial charge in [-0.25, -0.2) is 0 Å². The van der Waals surface area contributed by atoms with E-state index in [-0.39, 0.29) is 0 Å². The average molecular weight is 266 g/mol. The first kappa shape index (κ1) is 15.8. The van der Waals surface area contributed by atoms with Gasteiger partial charge in [-0.1, -0.05) is 38.7 Å². The summed E-state index contributed by atoms with van der Waals surface area (Å²) in [5.74, 6) is 1.44. The molecule has 1 atom stereocenters. The summed E-state index contributed by atoms with van der Waals surface area (Å²) in [6, 6.07) is 5.57. The highest BCUT2D eigenvalue weighted by Crippen LogP contribution is 2.30. The Morgan fingerprint density at radius 3 is 2.47 bits per heavy atom. The van der Waals surface area contributed by atoms with Crippen LogP contribution in [0.25, 0.3) is 0 Å².